The quantitative estimate of drug-likeness (QED) is 0.497. The fourth-order valence-electron chi connectivity index (χ4n) is 3.32. The first kappa shape index (κ1) is 20.0. The summed E-state index contributed by atoms with van der Waals surface area (Å²) in [7, 11) is 0. The Hall–Kier alpha value is -2.32. The van der Waals surface area contributed by atoms with Gasteiger partial charge < -0.3 is 14.7 Å². The molecule has 1 saturated heterocycles. The van der Waals surface area contributed by atoms with Crippen LogP contribution in [0.4, 0.5) is 10.5 Å². The molecule has 0 radical (unpaired) electrons. The maximum atomic E-state index is 12.5. The highest BCUT2D eigenvalue weighted by Crippen LogP contribution is 2.29. The minimum absolute atomic E-state index is 0.0681. The van der Waals surface area contributed by atoms with Gasteiger partial charge in [-0.05, 0) is 67.6 Å². The van der Waals surface area contributed by atoms with Gasteiger partial charge in [-0.1, -0.05) is 21.1 Å². The highest BCUT2D eigenvalue weighted by molar-refractivity contribution is 9.10. The molecule has 6 nitrogen and oxygen atoms in total. The molecule has 1 aliphatic heterocycles. The number of amides is 2. The first-order chi connectivity index (χ1) is 14.1. The standard InChI is InChI=1S/C21H21BrN4O2S/c1-29-18-8-6-17(7-9-18)23-21(27)26-12-10-15(11-13-26)20-24-19(25-28-20)14-2-4-16(22)5-3-14/h2-9,15H,10-13H2,1H3,(H,23,27). The number of carbonyl (C=O) groups excluding carboxylic acids is 1. The lowest BCUT2D eigenvalue weighted by Crippen LogP contribution is -2.40. The van der Waals surface area contributed by atoms with Crippen molar-refractivity contribution in [2.45, 2.75) is 23.7 Å². The number of rotatable bonds is 4. The molecule has 2 amide bonds. The predicted molar refractivity (Wildman–Crippen MR) is 118 cm³/mol. The first-order valence-electron chi connectivity index (χ1n) is 9.42. The Morgan fingerprint density at radius 3 is 2.48 bits per heavy atom. The largest absolute Gasteiger partial charge is 0.339 e. The van der Waals surface area contributed by atoms with Gasteiger partial charge in [-0.15, -0.1) is 11.8 Å². The Morgan fingerprint density at radius 1 is 1.14 bits per heavy atom. The lowest BCUT2D eigenvalue weighted by Gasteiger charge is -2.30. The summed E-state index contributed by atoms with van der Waals surface area (Å²) in [5.74, 6) is 1.42. The molecule has 150 valence electrons. The van der Waals surface area contributed by atoms with E-state index in [1.54, 1.807) is 11.8 Å². The zero-order valence-corrected chi connectivity index (χ0v) is 18.4. The van der Waals surface area contributed by atoms with E-state index in [9.17, 15) is 4.79 Å². The van der Waals surface area contributed by atoms with Crippen LogP contribution in [-0.4, -0.2) is 40.4 Å². The van der Waals surface area contributed by atoms with Crippen LogP contribution in [0.25, 0.3) is 11.4 Å². The molecule has 8 heteroatoms. The molecule has 2 heterocycles. The Morgan fingerprint density at radius 2 is 1.83 bits per heavy atom. The number of urea groups is 1. The number of thioether (sulfide) groups is 1. The molecule has 0 unspecified atom stereocenters. The lowest BCUT2D eigenvalue weighted by molar-refractivity contribution is 0.187. The van der Waals surface area contributed by atoms with Crippen molar-refractivity contribution in [2.24, 2.45) is 0 Å². The molecule has 2 aromatic carbocycles. The predicted octanol–water partition coefficient (Wildman–Crippen LogP) is 5.63. The van der Waals surface area contributed by atoms with Crippen molar-refractivity contribution in [3.8, 4) is 11.4 Å². The van der Waals surface area contributed by atoms with Crippen LogP contribution in [-0.2, 0) is 0 Å². The topological polar surface area (TPSA) is 71.3 Å². The monoisotopic (exact) mass is 472 g/mol. The van der Waals surface area contributed by atoms with Crippen molar-refractivity contribution >= 4 is 39.4 Å². The molecule has 0 spiro atoms. The van der Waals surface area contributed by atoms with Crippen molar-refractivity contribution < 1.29 is 9.32 Å². The van der Waals surface area contributed by atoms with Gasteiger partial charge in [0.25, 0.3) is 0 Å². The van der Waals surface area contributed by atoms with E-state index in [1.165, 1.54) is 4.90 Å². The molecule has 0 atom stereocenters. The van der Waals surface area contributed by atoms with Gasteiger partial charge in [-0.2, -0.15) is 4.98 Å². The zero-order chi connectivity index (χ0) is 20.2. The molecule has 29 heavy (non-hydrogen) atoms. The molecule has 4 rings (SSSR count). The molecule has 0 bridgehead atoms. The van der Waals surface area contributed by atoms with Crippen molar-refractivity contribution in [1.82, 2.24) is 15.0 Å². The third kappa shape index (κ3) is 4.82. The smallest absolute Gasteiger partial charge is 0.321 e. The number of aromatic nitrogens is 2. The summed E-state index contributed by atoms with van der Waals surface area (Å²) in [4.78, 5) is 20.1. The summed E-state index contributed by atoms with van der Waals surface area (Å²) in [6.07, 6.45) is 3.64. The highest BCUT2D eigenvalue weighted by atomic mass is 79.9. The minimum Gasteiger partial charge on any atom is -0.339 e. The number of halogens is 1. The molecule has 3 aromatic rings. The number of hydrogen-bond acceptors (Lipinski definition) is 5. The van der Waals surface area contributed by atoms with Crippen molar-refractivity contribution in [3.63, 3.8) is 0 Å². The van der Waals surface area contributed by atoms with Crippen LogP contribution >= 0.6 is 27.7 Å². The third-order valence-corrected chi connectivity index (χ3v) is 6.29. The zero-order valence-electron chi connectivity index (χ0n) is 16.0. The van der Waals surface area contributed by atoms with E-state index in [1.807, 2.05) is 59.7 Å². The van der Waals surface area contributed by atoms with Crippen LogP contribution < -0.4 is 5.32 Å². The number of likely N-dealkylation sites (tertiary alicyclic amines) is 1. The van der Waals surface area contributed by atoms with Gasteiger partial charge in [-0.3, -0.25) is 0 Å². The van der Waals surface area contributed by atoms with Crippen molar-refractivity contribution in [2.75, 3.05) is 24.7 Å². The van der Waals surface area contributed by atoms with E-state index >= 15 is 0 Å². The SMILES string of the molecule is CSc1ccc(NC(=O)N2CCC(c3nc(-c4ccc(Br)cc4)no3)CC2)cc1. The van der Waals surface area contributed by atoms with Gasteiger partial charge in [-0.25, -0.2) is 4.79 Å². The van der Waals surface area contributed by atoms with Gasteiger partial charge in [0.2, 0.25) is 11.7 Å². The number of carbonyl (C=O) groups is 1. The number of anilines is 1. The van der Waals surface area contributed by atoms with Crippen LogP contribution in [0.15, 0.2) is 62.4 Å². The second-order valence-corrected chi connectivity index (χ2v) is 8.68. The third-order valence-electron chi connectivity index (χ3n) is 5.02. The van der Waals surface area contributed by atoms with Gasteiger partial charge in [0.15, 0.2) is 0 Å². The van der Waals surface area contributed by atoms with Crippen LogP contribution in [0.1, 0.15) is 24.7 Å². The van der Waals surface area contributed by atoms with Gasteiger partial charge in [0.05, 0.1) is 0 Å². The molecule has 1 aromatic heterocycles. The van der Waals surface area contributed by atoms with E-state index in [-0.39, 0.29) is 11.9 Å². The second-order valence-electron chi connectivity index (χ2n) is 6.88. The maximum Gasteiger partial charge on any atom is 0.321 e. The molecular weight excluding hydrogens is 452 g/mol. The molecule has 1 fully saturated rings. The first-order valence-corrected chi connectivity index (χ1v) is 11.4. The molecule has 1 aliphatic rings. The number of piperidine rings is 1. The van der Waals surface area contributed by atoms with Gasteiger partial charge in [0.1, 0.15) is 0 Å². The Labute approximate surface area is 182 Å². The summed E-state index contributed by atoms with van der Waals surface area (Å²) in [5.41, 5.74) is 1.73. The summed E-state index contributed by atoms with van der Waals surface area (Å²) < 4.78 is 6.52. The van der Waals surface area contributed by atoms with Crippen LogP contribution in [0.3, 0.4) is 0 Å². The maximum absolute atomic E-state index is 12.5. The van der Waals surface area contributed by atoms with Crippen molar-refractivity contribution in [1.29, 1.82) is 0 Å². The highest BCUT2D eigenvalue weighted by Gasteiger charge is 2.27. The lowest BCUT2D eigenvalue weighted by atomic mass is 9.97. The average molecular weight is 473 g/mol. The van der Waals surface area contributed by atoms with Crippen LogP contribution in [0.5, 0.6) is 0 Å². The molecule has 0 saturated carbocycles. The number of nitrogens with zero attached hydrogens (tertiary/aromatic N) is 3. The molecule has 1 N–H and O–H groups in total. The number of nitrogens with one attached hydrogen (secondary N) is 1. The molecule has 0 aliphatic carbocycles. The Bertz CT molecular complexity index is 967. The Balaban J connectivity index is 1.33. The number of benzene rings is 2. The van der Waals surface area contributed by atoms with E-state index in [4.69, 9.17) is 4.52 Å². The van der Waals surface area contributed by atoms with Gasteiger partial charge in [0, 0.05) is 39.6 Å². The fraction of sp³-hybridized carbons (Fsp3) is 0.286. The fourth-order valence-corrected chi connectivity index (χ4v) is 4.00. The Kier molecular flexibility index (Phi) is 6.20. The minimum atomic E-state index is -0.0681. The number of hydrogen-bond donors (Lipinski definition) is 1. The summed E-state index contributed by atoms with van der Waals surface area (Å²) in [5, 5.41) is 7.09. The normalized spacial score (nSPS) is 14.8. The summed E-state index contributed by atoms with van der Waals surface area (Å²) >= 11 is 5.11. The second kappa shape index (κ2) is 9.00. The van der Waals surface area contributed by atoms with Crippen LogP contribution in [0.2, 0.25) is 0 Å². The summed E-state index contributed by atoms with van der Waals surface area (Å²) in [6.45, 7) is 1.32. The van der Waals surface area contributed by atoms with E-state index in [2.05, 4.69) is 31.4 Å². The van der Waals surface area contributed by atoms with Crippen LogP contribution in [0, 0.1) is 0 Å². The van der Waals surface area contributed by atoms with E-state index in [0.29, 0.717) is 24.8 Å². The molecular formula is C21H21BrN4O2S. The van der Waals surface area contributed by atoms with Gasteiger partial charge >= 0.3 is 6.03 Å². The van der Waals surface area contributed by atoms with E-state index in [0.717, 1.165) is 28.6 Å². The van der Waals surface area contributed by atoms with E-state index < -0.39 is 0 Å². The van der Waals surface area contributed by atoms with Crippen molar-refractivity contribution in [3.05, 3.63) is 58.9 Å². The average Bonchev–Trinajstić information content (AvgIpc) is 3.25. The summed E-state index contributed by atoms with van der Waals surface area (Å²) in [6, 6.07) is 15.6.